The molecular weight excluding hydrogens is 325 g/mol. The van der Waals surface area contributed by atoms with Crippen molar-refractivity contribution < 1.29 is 13.7 Å². The molecule has 0 aromatic carbocycles. The molecule has 1 aliphatic rings. The lowest BCUT2D eigenvalue weighted by atomic mass is 10.2. The second-order valence-corrected chi connectivity index (χ2v) is 6.02. The number of aryl methyl sites for hydroxylation is 1. The first-order valence-corrected chi connectivity index (χ1v) is 7.68. The Hall–Kier alpha value is -1.93. The predicted octanol–water partition coefficient (Wildman–Crippen LogP) is 1.70. The number of halogens is 2. The maximum atomic E-state index is 13.7. The van der Waals surface area contributed by atoms with Crippen LogP contribution in [0.3, 0.4) is 0 Å². The maximum absolute atomic E-state index is 13.7. The molecule has 0 radical (unpaired) electrons. The highest BCUT2D eigenvalue weighted by molar-refractivity contribution is 6.30. The molecule has 1 fully saturated rings. The van der Waals surface area contributed by atoms with Gasteiger partial charge in [0.25, 0.3) is 5.91 Å². The summed E-state index contributed by atoms with van der Waals surface area (Å²) in [4.78, 5) is 20.8. The fourth-order valence-electron chi connectivity index (χ4n) is 2.72. The van der Waals surface area contributed by atoms with Crippen molar-refractivity contribution in [1.29, 1.82) is 0 Å². The number of nitrogens with one attached hydrogen (secondary N) is 2. The topological polar surface area (TPSA) is 87.0 Å². The van der Waals surface area contributed by atoms with Crippen molar-refractivity contribution in [1.82, 2.24) is 25.3 Å². The molecule has 9 heteroatoms. The normalized spacial score (nSPS) is 21.7. The molecule has 0 unspecified atom stereocenters. The van der Waals surface area contributed by atoms with Crippen LogP contribution >= 0.6 is 11.6 Å². The number of alkyl halides is 1. The molecule has 0 spiro atoms. The van der Waals surface area contributed by atoms with Gasteiger partial charge in [0.15, 0.2) is 5.82 Å². The number of hydrogen-bond donors (Lipinski definition) is 2. The zero-order valence-electron chi connectivity index (χ0n) is 12.6. The van der Waals surface area contributed by atoms with Gasteiger partial charge in [-0.2, -0.15) is 4.98 Å². The summed E-state index contributed by atoms with van der Waals surface area (Å²) in [6.07, 6.45) is 0.974. The van der Waals surface area contributed by atoms with E-state index in [9.17, 15) is 9.18 Å². The van der Waals surface area contributed by atoms with E-state index in [4.69, 9.17) is 16.1 Å². The summed E-state index contributed by atoms with van der Waals surface area (Å²) in [6.45, 7) is 2.74. The minimum Gasteiger partial charge on any atom is -0.356 e. The van der Waals surface area contributed by atoms with E-state index in [1.54, 1.807) is 13.0 Å². The van der Waals surface area contributed by atoms with E-state index in [0.29, 0.717) is 48.5 Å². The molecule has 2 atom stereocenters. The number of aromatic nitrogens is 3. The van der Waals surface area contributed by atoms with Crippen LogP contribution < -0.4 is 5.32 Å². The van der Waals surface area contributed by atoms with Crippen molar-refractivity contribution in [3.8, 4) is 0 Å². The number of carbonyl (C=O) groups excluding carboxylic acids is 1. The van der Waals surface area contributed by atoms with Crippen molar-refractivity contribution in [3.63, 3.8) is 0 Å². The molecule has 0 aliphatic carbocycles. The van der Waals surface area contributed by atoms with E-state index in [1.807, 2.05) is 4.90 Å². The molecule has 2 N–H and O–H groups in total. The number of hydrogen-bond acceptors (Lipinski definition) is 5. The lowest BCUT2D eigenvalue weighted by Gasteiger charge is -2.22. The Morgan fingerprint density at radius 2 is 2.48 bits per heavy atom. The van der Waals surface area contributed by atoms with Crippen LogP contribution in [0.4, 0.5) is 4.39 Å². The number of likely N-dealkylation sites (tertiary alicyclic amines) is 1. The molecular formula is C14H17ClFN5O2. The van der Waals surface area contributed by atoms with Gasteiger partial charge in [0.2, 0.25) is 5.89 Å². The molecule has 3 rings (SSSR count). The Kier molecular flexibility index (Phi) is 4.63. The van der Waals surface area contributed by atoms with Gasteiger partial charge in [-0.25, -0.2) is 4.39 Å². The second kappa shape index (κ2) is 6.67. The average Bonchev–Trinajstić information content (AvgIpc) is 3.19. The third-order valence-corrected chi connectivity index (χ3v) is 4.00. The minimum absolute atomic E-state index is 0.113. The van der Waals surface area contributed by atoms with Crippen LogP contribution in [0.5, 0.6) is 0 Å². The van der Waals surface area contributed by atoms with E-state index in [2.05, 4.69) is 20.4 Å². The summed E-state index contributed by atoms with van der Waals surface area (Å²) in [5.41, 5.74) is 0.380. The van der Waals surface area contributed by atoms with Crippen LogP contribution in [0.2, 0.25) is 5.02 Å². The minimum atomic E-state index is -0.926. The van der Waals surface area contributed by atoms with Gasteiger partial charge in [-0.15, -0.1) is 0 Å². The Morgan fingerprint density at radius 1 is 1.65 bits per heavy atom. The fourth-order valence-corrected chi connectivity index (χ4v) is 2.88. The van der Waals surface area contributed by atoms with Gasteiger partial charge in [-0.3, -0.25) is 9.69 Å². The van der Waals surface area contributed by atoms with Gasteiger partial charge < -0.3 is 14.8 Å². The second-order valence-electron chi connectivity index (χ2n) is 5.59. The van der Waals surface area contributed by atoms with Crippen LogP contribution in [-0.2, 0) is 6.54 Å². The highest BCUT2D eigenvalue weighted by atomic mass is 35.5. The highest BCUT2D eigenvalue weighted by Crippen LogP contribution is 2.21. The lowest BCUT2D eigenvalue weighted by Crippen LogP contribution is -2.40. The first kappa shape index (κ1) is 15.9. The monoisotopic (exact) mass is 341 g/mol. The number of aromatic amines is 1. The van der Waals surface area contributed by atoms with Crippen LogP contribution in [0, 0.1) is 6.92 Å². The van der Waals surface area contributed by atoms with E-state index >= 15 is 0 Å². The summed E-state index contributed by atoms with van der Waals surface area (Å²) in [7, 11) is 0. The zero-order valence-corrected chi connectivity index (χ0v) is 13.3. The number of H-pyrrole nitrogens is 1. The molecule has 23 heavy (non-hydrogen) atoms. The molecule has 2 aromatic heterocycles. The first-order chi connectivity index (χ1) is 11.0. The molecule has 3 heterocycles. The van der Waals surface area contributed by atoms with Gasteiger partial charge in [-0.1, -0.05) is 16.8 Å². The standard InChI is InChI=1S/C14H17ClFN5O2/c1-8-19-13(20-23-8)7-21-6-10(16)3-11(21)5-18-14(22)12-2-9(15)4-17-12/h2,4,10-11,17H,3,5-7H2,1H3,(H,18,22)/t10-,11-/m0/s1. The zero-order chi connectivity index (χ0) is 16.4. The Bertz CT molecular complexity index is 688. The highest BCUT2D eigenvalue weighted by Gasteiger charge is 2.33. The van der Waals surface area contributed by atoms with Crippen LogP contribution in [0.25, 0.3) is 0 Å². The van der Waals surface area contributed by atoms with Crippen molar-refractivity contribution in [3.05, 3.63) is 34.7 Å². The summed E-state index contributed by atoms with van der Waals surface area (Å²) in [5, 5.41) is 7.09. The molecule has 1 amide bonds. The van der Waals surface area contributed by atoms with Crippen molar-refractivity contribution >= 4 is 17.5 Å². The van der Waals surface area contributed by atoms with Gasteiger partial charge in [0.1, 0.15) is 11.9 Å². The van der Waals surface area contributed by atoms with Gasteiger partial charge in [0, 0.05) is 32.3 Å². The molecule has 0 bridgehead atoms. The fraction of sp³-hybridized carbons (Fsp3) is 0.500. The van der Waals surface area contributed by atoms with Crippen molar-refractivity contribution in [2.75, 3.05) is 13.1 Å². The first-order valence-electron chi connectivity index (χ1n) is 7.30. The molecule has 1 aliphatic heterocycles. The van der Waals surface area contributed by atoms with Crippen LogP contribution in [0.15, 0.2) is 16.8 Å². The SMILES string of the molecule is Cc1nc(CN2C[C@@H](F)C[C@H]2CNC(=O)c2cc(Cl)c[nH]2)no1. The maximum Gasteiger partial charge on any atom is 0.267 e. The number of carbonyl (C=O) groups is 1. The van der Waals surface area contributed by atoms with Gasteiger partial charge in [0.05, 0.1) is 11.6 Å². The summed E-state index contributed by atoms with van der Waals surface area (Å²) < 4.78 is 18.7. The van der Waals surface area contributed by atoms with E-state index < -0.39 is 6.17 Å². The Morgan fingerprint density at radius 3 is 3.13 bits per heavy atom. The predicted molar refractivity (Wildman–Crippen MR) is 80.9 cm³/mol. The van der Waals surface area contributed by atoms with E-state index in [1.165, 1.54) is 6.20 Å². The average molecular weight is 342 g/mol. The molecule has 1 saturated heterocycles. The van der Waals surface area contributed by atoms with Crippen molar-refractivity contribution in [2.24, 2.45) is 0 Å². The third kappa shape index (κ3) is 3.89. The summed E-state index contributed by atoms with van der Waals surface area (Å²) >= 11 is 5.77. The third-order valence-electron chi connectivity index (χ3n) is 3.78. The number of nitrogens with zero attached hydrogens (tertiary/aromatic N) is 3. The molecule has 0 saturated carbocycles. The molecule has 7 nitrogen and oxygen atoms in total. The van der Waals surface area contributed by atoms with Crippen molar-refractivity contribution in [2.45, 2.75) is 32.1 Å². The molecule has 124 valence electrons. The largest absolute Gasteiger partial charge is 0.356 e. The van der Waals surface area contributed by atoms with Crippen LogP contribution in [0.1, 0.15) is 28.6 Å². The van der Waals surface area contributed by atoms with E-state index in [0.717, 1.165) is 0 Å². The summed E-state index contributed by atoms with van der Waals surface area (Å²) in [5.74, 6) is 0.725. The van der Waals surface area contributed by atoms with Crippen LogP contribution in [-0.4, -0.2) is 51.2 Å². The lowest BCUT2D eigenvalue weighted by molar-refractivity contribution is 0.0935. The van der Waals surface area contributed by atoms with E-state index in [-0.39, 0.29) is 11.9 Å². The van der Waals surface area contributed by atoms with Gasteiger partial charge in [-0.05, 0) is 12.5 Å². The smallest absolute Gasteiger partial charge is 0.267 e. The number of amides is 1. The Balaban J connectivity index is 1.57. The number of rotatable bonds is 5. The Labute approximate surface area is 137 Å². The quantitative estimate of drug-likeness (QED) is 0.864. The molecule has 2 aromatic rings. The summed E-state index contributed by atoms with van der Waals surface area (Å²) in [6, 6.07) is 1.43. The van der Waals surface area contributed by atoms with Gasteiger partial charge >= 0.3 is 0 Å².